The summed E-state index contributed by atoms with van der Waals surface area (Å²) in [6.45, 7) is 2.12. The van der Waals surface area contributed by atoms with Gasteiger partial charge < -0.3 is 9.97 Å². The van der Waals surface area contributed by atoms with Crippen LogP contribution in [0.3, 0.4) is 0 Å². The molecule has 0 spiro atoms. The van der Waals surface area contributed by atoms with Crippen molar-refractivity contribution in [2.75, 3.05) is 0 Å². The van der Waals surface area contributed by atoms with Crippen molar-refractivity contribution in [3.05, 3.63) is 78.5 Å². The molecular formula is C24H17N3. The van der Waals surface area contributed by atoms with Crippen LogP contribution < -0.4 is 0 Å². The van der Waals surface area contributed by atoms with E-state index in [-0.39, 0.29) is 0 Å². The number of imidazole rings is 1. The summed E-state index contributed by atoms with van der Waals surface area (Å²) in [6.07, 6.45) is 2.05. The van der Waals surface area contributed by atoms with Crippen LogP contribution in [-0.4, -0.2) is 15.0 Å². The fourth-order valence-electron chi connectivity index (χ4n) is 4.18. The molecule has 0 radical (unpaired) electrons. The summed E-state index contributed by atoms with van der Waals surface area (Å²) >= 11 is 0. The standard InChI is InChI=1S/C24H17N3/c1-14-10-11-21-19(12-14)20(13-25-21)24-26-22-17-8-4-2-6-15(17)16-7-3-5-9-18(16)23(22)27-24/h2-13,25H,1H3,(H,26,27). The van der Waals surface area contributed by atoms with Gasteiger partial charge in [-0.25, -0.2) is 4.98 Å². The number of H-pyrrole nitrogens is 2. The molecule has 0 saturated carbocycles. The summed E-state index contributed by atoms with van der Waals surface area (Å²) in [7, 11) is 0. The second-order valence-electron chi connectivity index (χ2n) is 7.15. The van der Waals surface area contributed by atoms with Crippen molar-refractivity contribution in [3.63, 3.8) is 0 Å². The normalized spacial score (nSPS) is 11.9. The maximum Gasteiger partial charge on any atom is 0.140 e. The molecule has 0 amide bonds. The van der Waals surface area contributed by atoms with Crippen LogP contribution in [0.15, 0.2) is 72.9 Å². The molecule has 4 aromatic carbocycles. The number of aromatic amines is 2. The van der Waals surface area contributed by atoms with Gasteiger partial charge in [0, 0.05) is 33.4 Å². The minimum atomic E-state index is 0.906. The Labute approximate surface area is 155 Å². The SMILES string of the molecule is Cc1ccc2[nH]cc(-c3nc4c5ccccc5c5ccccc5c4[nH]3)c2c1. The highest BCUT2D eigenvalue weighted by Gasteiger charge is 2.15. The Morgan fingerprint density at radius 2 is 1.44 bits per heavy atom. The number of nitrogens with zero attached hydrogens (tertiary/aromatic N) is 1. The van der Waals surface area contributed by atoms with Gasteiger partial charge in [0.1, 0.15) is 5.82 Å². The fourth-order valence-corrected chi connectivity index (χ4v) is 4.18. The third-order valence-electron chi connectivity index (χ3n) is 5.46. The van der Waals surface area contributed by atoms with Gasteiger partial charge in [0.25, 0.3) is 0 Å². The van der Waals surface area contributed by atoms with Crippen LogP contribution in [0.25, 0.3) is 54.9 Å². The molecule has 2 heterocycles. The number of fused-ring (bicyclic) bond motifs is 7. The fraction of sp³-hybridized carbons (Fsp3) is 0.0417. The number of aromatic nitrogens is 3. The molecule has 6 rings (SSSR count). The Kier molecular flexibility index (Phi) is 2.81. The van der Waals surface area contributed by atoms with Gasteiger partial charge in [0.15, 0.2) is 0 Å². The molecule has 0 aliphatic heterocycles. The zero-order valence-electron chi connectivity index (χ0n) is 14.9. The molecule has 0 saturated heterocycles. The van der Waals surface area contributed by atoms with Gasteiger partial charge in [0.05, 0.1) is 11.0 Å². The summed E-state index contributed by atoms with van der Waals surface area (Å²) in [6, 6.07) is 23.5. The van der Waals surface area contributed by atoms with Crippen molar-refractivity contribution < 1.29 is 0 Å². The molecule has 128 valence electrons. The second-order valence-corrected chi connectivity index (χ2v) is 7.15. The molecule has 0 aliphatic carbocycles. The van der Waals surface area contributed by atoms with Crippen LogP contribution in [0.4, 0.5) is 0 Å². The first kappa shape index (κ1) is 14.6. The van der Waals surface area contributed by atoms with Crippen LogP contribution in [-0.2, 0) is 0 Å². The lowest BCUT2D eigenvalue weighted by atomic mass is 10.0. The van der Waals surface area contributed by atoms with Gasteiger partial charge in [-0.2, -0.15) is 0 Å². The summed E-state index contributed by atoms with van der Waals surface area (Å²) < 4.78 is 0. The molecule has 0 fully saturated rings. The highest BCUT2D eigenvalue weighted by molar-refractivity contribution is 6.23. The molecular weight excluding hydrogens is 330 g/mol. The Morgan fingerprint density at radius 1 is 0.741 bits per heavy atom. The quantitative estimate of drug-likeness (QED) is 0.336. The molecule has 3 heteroatoms. The van der Waals surface area contributed by atoms with Crippen molar-refractivity contribution in [3.8, 4) is 11.4 Å². The number of aryl methyl sites for hydroxylation is 1. The van der Waals surface area contributed by atoms with Crippen LogP contribution in [0.2, 0.25) is 0 Å². The van der Waals surface area contributed by atoms with Crippen LogP contribution >= 0.6 is 0 Å². The molecule has 2 N–H and O–H groups in total. The van der Waals surface area contributed by atoms with Crippen molar-refractivity contribution in [2.24, 2.45) is 0 Å². The molecule has 3 nitrogen and oxygen atoms in total. The Hall–Kier alpha value is -3.59. The number of nitrogens with one attached hydrogen (secondary N) is 2. The Bertz CT molecular complexity index is 1410. The van der Waals surface area contributed by atoms with Crippen molar-refractivity contribution in [1.82, 2.24) is 15.0 Å². The van der Waals surface area contributed by atoms with Crippen molar-refractivity contribution in [1.29, 1.82) is 0 Å². The molecule has 0 aliphatic rings. The predicted molar refractivity (Wildman–Crippen MR) is 113 cm³/mol. The minimum Gasteiger partial charge on any atom is -0.360 e. The topological polar surface area (TPSA) is 44.5 Å². The Balaban J connectivity index is 1.76. The van der Waals surface area contributed by atoms with E-state index in [2.05, 4.69) is 83.6 Å². The second kappa shape index (κ2) is 5.21. The maximum atomic E-state index is 5.04. The molecule has 2 aromatic heterocycles. The first-order chi connectivity index (χ1) is 13.3. The number of hydrogen-bond acceptors (Lipinski definition) is 1. The van der Waals surface area contributed by atoms with Gasteiger partial charge in [-0.15, -0.1) is 0 Å². The maximum absolute atomic E-state index is 5.04. The first-order valence-corrected chi connectivity index (χ1v) is 9.17. The molecule has 27 heavy (non-hydrogen) atoms. The summed E-state index contributed by atoms with van der Waals surface area (Å²) in [5.74, 6) is 0.906. The zero-order valence-corrected chi connectivity index (χ0v) is 14.9. The Morgan fingerprint density at radius 3 is 2.26 bits per heavy atom. The van der Waals surface area contributed by atoms with Gasteiger partial charge in [-0.3, -0.25) is 0 Å². The summed E-state index contributed by atoms with van der Waals surface area (Å²) in [5, 5.41) is 6.09. The predicted octanol–water partition coefficient (Wildman–Crippen LogP) is 6.33. The summed E-state index contributed by atoms with van der Waals surface area (Å²) in [5.41, 5.74) is 5.61. The minimum absolute atomic E-state index is 0.906. The van der Waals surface area contributed by atoms with E-state index in [1.807, 2.05) is 6.20 Å². The number of hydrogen-bond donors (Lipinski definition) is 2. The van der Waals surface area contributed by atoms with Crippen molar-refractivity contribution >= 4 is 43.5 Å². The third kappa shape index (κ3) is 1.99. The lowest BCUT2D eigenvalue weighted by molar-refractivity contribution is 1.34. The van der Waals surface area contributed by atoms with E-state index in [1.54, 1.807) is 0 Å². The first-order valence-electron chi connectivity index (χ1n) is 9.17. The smallest absolute Gasteiger partial charge is 0.140 e. The van der Waals surface area contributed by atoms with Crippen LogP contribution in [0, 0.1) is 6.92 Å². The molecule has 0 unspecified atom stereocenters. The molecule has 0 bridgehead atoms. The number of rotatable bonds is 1. The van der Waals surface area contributed by atoms with Crippen molar-refractivity contribution in [2.45, 2.75) is 6.92 Å². The largest absolute Gasteiger partial charge is 0.360 e. The third-order valence-corrected chi connectivity index (χ3v) is 5.46. The van der Waals surface area contributed by atoms with E-state index in [1.165, 1.54) is 32.5 Å². The van der Waals surface area contributed by atoms with E-state index in [0.29, 0.717) is 0 Å². The monoisotopic (exact) mass is 347 g/mol. The lowest BCUT2D eigenvalue weighted by Gasteiger charge is -2.05. The van der Waals surface area contributed by atoms with Gasteiger partial charge >= 0.3 is 0 Å². The van der Waals surface area contributed by atoms with E-state index in [0.717, 1.165) is 27.9 Å². The van der Waals surface area contributed by atoms with Gasteiger partial charge in [-0.05, 0) is 29.8 Å². The van der Waals surface area contributed by atoms with E-state index < -0.39 is 0 Å². The average Bonchev–Trinajstić information content (AvgIpc) is 3.32. The zero-order chi connectivity index (χ0) is 18.0. The lowest BCUT2D eigenvalue weighted by Crippen LogP contribution is -1.81. The average molecular weight is 347 g/mol. The van der Waals surface area contributed by atoms with E-state index >= 15 is 0 Å². The van der Waals surface area contributed by atoms with E-state index in [9.17, 15) is 0 Å². The van der Waals surface area contributed by atoms with Gasteiger partial charge in [-0.1, -0.05) is 60.2 Å². The summed E-state index contributed by atoms with van der Waals surface area (Å²) in [4.78, 5) is 12.0. The van der Waals surface area contributed by atoms with Crippen LogP contribution in [0.5, 0.6) is 0 Å². The van der Waals surface area contributed by atoms with E-state index in [4.69, 9.17) is 4.98 Å². The van der Waals surface area contributed by atoms with Crippen LogP contribution in [0.1, 0.15) is 5.56 Å². The van der Waals surface area contributed by atoms with Gasteiger partial charge in [0.2, 0.25) is 0 Å². The molecule has 0 atom stereocenters. The highest BCUT2D eigenvalue weighted by Crippen LogP contribution is 2.36. The molecule has 6 aromatic rings. The number of benzene rings is 4. The highest BCUT2D eigenvalue weighted by atomic mass is 14.9.